The number of ether oxygens (including phenoxy) is 1. The standard InChI is InChI=1S/C16H25N3O4S/c1-16(2,3)23-15(22)19-7-6-13(20)17-8-9-18-14(21)11-12-5-4-10-24-12/h4-5,10H,6-9,11H2,1-3H3,(H,17,20)(H,18,21)(H,19,22). The lowest BCUT2D eigenvalue weighted by Crippen LogP contribution is -2.37. The third-order valence-electron chi connectivity index (χ3n) is 2.70. The first-order valence-corrected chi connectivity index (χ1v) is 8.67. The first kappa shape index (κ1) is 20.0. The molecule has 0 unspecified atom stereocenters. The lowest BCUT2D eigenvalue weighted by molar-refractivity contribution is -0.122. The Bertz CT molecular complexity index is 538. The molecule has 0 atom stereocenters. The summed E-state index contributed by atoms with van der Waals surface area (Å²) in [7, 11) is 0. The zero-order valence-corrected chi connectivity index (χ0v) is 15.1. The van der Waals surface area contributed by atoms with Crippen LogP contribution in [0.2, 0.25) is 0 Å². The Morgan fingerprint density at radius 2 is 1.71 bits per heavy atom. The number of alkyl carbamates (subject to hydrolysis) is 1. The number of carbonyl (C=O) groups is 3. The van der Waals surface area contributed by atoms with Gasteiger partial charge in [0, 0.05) is 30.9 Å². The molecule has 0 saturated heterocycles. The summed E-state index contributed by atoms with van der Waals surface area (Å²) in [6.07, 6.45) is -0.0375. The minimum atomic E-state index is -0.562. The molecule has 1 heterocycles. The van der Waals surface area contributed by atoms with Gasteiger partial charge in [-0.25, -0.2) is 4.79 Å². The molecule has 0 aliphatic heterocycles. The van der Waals surface area contributed by atoms with Gasteiger partial charge in [0.1, 0.15) is 5.60 Å². The first-order valence-electron chi connectivity index (χ1n) is 7.79. The minimum absolute atomic E-state index is 0.0710. The predicted octanol–water partition coefficient (Wildman–Crippen LogP) is 1.44. The first-order chi connectivity index (χ1) is 11.3. The van der Waals surface area contributed by atoms with Crippen LogP contribution in [0.15, 0.2) is 17.5 Å². The van der Waals surface area contributed by atoms with Crippen molar-refractivity contribution in [3.63, 3.8) is 0 Å². The summed E-state index contributed by atoms with van der Waals surface area (Å²) in [5.74, 6) is -0.267. The molecule has 3 N–H and O–H groups in total. The Hall–Kier alpha value is -2.09. The topological polar surface area (TPSA) is 96.5 Å². The third kappa shape index (κ3) is 9.83. The van der Waals surface area contributed by atoms with Gasteiger partial charge in [0.05, 0.1) is 6.42 Å². The van der Waals surface area contributed by atoms with Crippen molar-refractivity contribution >= 4 is 29.2 Å². The molecule has 24 heavy (non-hydrogen) atoms. The number of rotatable bonds is 8. The molecular formula is C16H25N3O4S. The van der Waals surface area contributed by atoms with Gasteiger partial charge < -0.3 is 20.7 Å². The third-order valence-corrected chi connectivity index (χ3v) is 3.58. The smallest absolute Gasteiger partial charge is 0.407 e. The second kappa shape index (κ2) is 9.92. The molecule has 1 aromatic heterocycles. The number of amides is 3. The van der Waals surface area contributed by atoms with Crippen molar-refractivity contribution < 1.29 is 19.1 Å². The Kier molecular flexibility index (Phi) is 8.25. The maximum absolute atomic E-state index is 11.6. The van der Waals surface area contributed by atoms with Crippen LogP contribution in [-0.4, -0.2) is 43.1 Å². The highest BCUT2D eigenvalue weighted by Crippen LogP contribution is 2.08. The summed E-state index contributed by atoms with van der Waals surface area (Å²) in [5.41, 5.74) is -0.562. The summed E-state index contributed by atoms with van der Waals surface area (Å²) in [6.45, 7) is 6.23. The Labute approximate surface area is 146 Å². The average Bonchev–Trinajstić information content (AvgIpc) is 2.94. The van der Waals surface area contributed by atoms with Crippen molar-refractivity contribution in [3.05, 3.63) is 22.4 Å². The molecule has 0 bridgehead atoms. The van der Waals surface area contributed by atoms with E-state index in [0.717, 1.165) is 4.88 Å². The fourth-order valence-electron chi connectivity index (χ4n) is 1.72. The van der Waals surface area contributed by atoms with Gasteiger partial charge in [-0.2, -0.15) is 0 Å². The highest BCUT2D eigenvalue weighted by Gasteiger charge is 2.15. The molecule has 0 aliphatic rings. The number of thiophene rings is 1. The largest absolute Gasteiger partial charge is 0.444 e. The Morgan fingerprint density at radius 1 is 1.04 bits per heavy atom. The zero-order chi connectivity index (χ0) is 18.0. The maximum Gasteiger partial charge on any atom is 0.407 e. The van der Waals surface area contributed by atoms with E-state index in [2.05, 4.69) is 16.0 Å². The lowest BCUT2D eigenvalue weighted by atomic mass is 10.2. The van der Waals surface area contributed by atoms with Gasteiger partial charge in [-0.3, -0.25) is 9.59 Å². The molecule has 1 aromatic rings. The Balaban J connectivity index is 2.03. The molecule has 1 rings (SSSR count). The van der Waals surface area contributed by atoms with E-state index in [9.17, 15) is 14.4 Å². The van der Waals surface area contributed by atoms with Crippen LogP contribution in [-0.2, 0) is 20.7 Å². The minimum Gasteiger partial charge on any atom is -0.444 e. The molecule has 0 fully saturated rings. The van der Waals surface area contributed by atoms with E-state index in [-0.39, 0.29) is 24.8 Å². The van der Waals surface area contributed by atoms with Crippen LogP contribution in [0.25, 0.3) is 0 Å². The van der Waals surface area contributed by atoms with E-state index in [1.54, 1.807) is 20.8 Å². The normalized spacial score (nSPS) is 10.8. The number of nitrogens with one attached hydrogen (secondary N) is 3. The highest BCUT2D eigenvalue weighted by atomic mass is 32.1. The van der Waals surface area contributed by atoms with E-state index in [0.29, 0.717) is 19.5 Å². The maximum atomic E-state index is 11.6. The molecule has 0 saturated carbocycles. The summed E-state index contributed by atoms with van der Waals surface area (Å²) >= 11 is 1.53. The molecule has 3 amide bonds. The molecule has 0 spiro atoms. The van der Waals surface area contributed by atoms with E-state index in [1.165, 1.54) is 11.3 Å². The Morgan fingerprint density at radius 3 is 2.29 bits per heavy atom. The summed E-state index contributed by atoms with van der Waals surface area (Å²) in [5, 5.41) is 9.85. The number of carbonyl (C=O) groups excluding carboxylic acids is 3. The van der Waals surface area contributed by atoms with Crippen LogP contribution < -0.4 is 16.0 Å². The van der Waals surface area contributed by atoms with Gasteiger partial charge in [-0.1, -0.05) is 6.07 Å². The van der Waals surface area contributed by atoms with Gasteiger partial charge in [-0.05, 0) is 32.2 Å². The number of hydrogen-bond acceptors (Lipinski definition) is 5. The lowest BCUT2D eigenvalue weighted by Gasteiger charge is -2.19. The van der Waals surface area contributed by atoms with Crippen molar-refractivity contribution in [3.8, 4) is 0 Å². The molecular weight excluding hydrogens is 330 g/mol. The monoisotopic (exact) mass is 355 g/mol. The van der Waals surface area contributed by atoms with Crippen molar-refractivity contribution in [1.82, 2.24) is 16.0 Å². The molecule has 0 aromatic carbocycles. The van der Waals surface area contributed by atoms with Crippen LogP contribution in [0.5, 0.6) is 0 Å². The molecule has 8 heteroatoms. The highest BCUT2D eigenvalue weighted by molar-refractivity contribution is 7.10. The van der Waals surface area contributed by atoms with E-state index < -0.39 is 11.7 Å². The van der Waals surface area contributed by atoms with Crippen LogP contribution in [0.4, 0.5) is 4.79 Å². The SMILES string of the molecule is CC(C)(C)OC(=O)NCCC(=O)NCCNC(=O)Cc1cccs1. The predicted molar refractivity (Wildman–Crippen MR) is 92.9 cm³/mol. The quantitative estimate of drug-likeness (QED) is 0.615. The fourth-order valence-corrected chi connectivity index (χ4v) is 2.42. The fraction of sp³-hybridized carbons (Fsp3) is 0.562. The molecule has 7 nitrogen and oxygen atoms in total. The molecule has 0 aliphatic carbocycles. The number of hydrogen-bond donors (Lipinski definition) is 3. The molecule has 134 valence electrons. The van der Waals surface area contributed by atoms with Gasteiger partial charge in [0.25, 0.3) is 0 Å². The van der Waals surface area contributed by atoms with E-state index in [1.807, 2.05) is 17.5 Å². The second-order valence-corrected chi connectivity index (χ2v) is 7.17. The van der Waals surface area contributed by atoms with Gasteiger partial charge in [0.2, 0.25) is 11.8 Å². The summed E-state index contributed by atoms with van der Waals surface area (Å²) < 4.78 is 5.06. The van der Waals surface area contributed by atoms with Crippen LogP contribution in [0.3, 0.4) is 0 Å². The van der Waals surface area contributed by atoms with Crippen LogP contribution in [0, 0.1) is 0 Å². The summed E-state index contributed by atoms with van der Waals surface area (Å²) in [4.78, 5) is 35.6. The van der Waals surface area contributed by atoms with E-state index >= 15 is 0 Å². The van der Waals surface area contributed by atoms with Gasteiger partial charge in [0.15, 0.2) is 0 Å². The van der Waals surface area contributed by atoms with Crippen molar-refractivity contribution in [2.75, 3.05) is 19.6 Å². The summed E-state index contributed by atoms with van der Waals surface area (Å²) in [6, 6.07) is 3.81. The zero-order valence-electron chi connectivity index (χ0n) is 14.3. The van der Waals surface area contributed by atoms with Crippen molar-refractivity contribution in [2.24, 2.45) is 0 Å². The van der Waals surface area contributed by atoms with Crippen molar-refractivity contribution in [2.45, 2.75) is 39.2 Å². The molecule has 0 radical (unpaired) electrons. The van der Waals surface area contributed by atoms with Crippen LogP contribution in [0.1, 0.15) is 32.1 Å². The van der Waals surface area contributed by atoms with Crippen molar-refractivity contribution in [1.29, 1.82) is 0 Å². The second-order valence-electron chi connectivity index (χ2n) is 6.13. The van der Waals surface area contributed by atoms with Gasteiger partial charge >= 0.3 is 6.09 Å². The average molecular weight is 355 g/mol. The van der Waals surface area contributed by atoms with Crippen LogP contribution >= 0.6 is 11.3 Å². The van der Waals surface area contributed by atoms with E-state index in [4.69, 9.17) is 4.74 Å². The van der Waals surface area contributed by atoms with Gasteiger partial charge in [-0.15, -0.1) is 11.3 Å².